The number of rotatable bonds is 0. The van der Waals surface area contributed by atoms with Crippen LogP contribution in [-0.2, 0) is 5.15 Å². The lowest BCUT2D eigenvalue weighted by molar-refractivity contribution is -0.317. The topological polar surface area (TPSA) is 29.5 Å². The number of aliphatic hydroxyl groups is 1. The van der Waals surface area contributed by atoms with Gasteiger partial charge in [0.2, 0.25) is 0 Å². The van der Waals surface area contributed by atoms with Crippen molar-refractivity contribution in [3.05, 3.63) is 0 Å². The molecule has 0 spiro atoms. The molecule has 0 aromatic rings. The van der Waals surface area contributed by atoms with Crippen molar-refractivity contribution in [2.45, 2.75) is 6.92 Å². The van der Waals surface area contributed by atoms with E-state index in [9.17, 15) is 0 Å². The van der Waals surface area contributed by atoms with Crippen LogP contribution in [0.15, 0.2) is 0 Å². The van der Waals surface area contributed by atoms with Gasteiger partial charge in [0, 0.05) is 11.8 Å². The molecule has 0 saturated heterocycles. The van der Waals surface area contributed by atoms with Gasteiger partial charge in [-0.05, 0) is 16.0 Å². The first-order valence-corrected chi connectivity index (χ1v) is 1.33. The molecular formula is C2H6F2O2. The molecule has 0 aliphatic rings. The summed E-state index contributed by atoms with van der Waals surface area (Å²) in [6, 6.07) is 0. The van der Waals surface area contributed by atoms with Crippen molar-refractivity contribution in [3.63, 3.8) is 0 Å². The van der Waals surface area contributed by atoms with Crippen molar-refractivity contribution in [3.8, 4) is 0 Å². The molecule has 0 amide bonds. The fraction of sp³-hybridized carbons (Fsp3) is 1.00. The molecule has 1 N–H and O–H groups in total. The van der Waals surface area contributed by atoms with Gasteiger partial charge in [-0.25, -0.2) is 0 Å². The van der Waals surface area contributed by atoms with E-state index < -0.39 is 0 Å². The smallest absolute Gasteiger partial charge is 0.0402 e. The molecule has 0 bridgehead atoms. The number of hydrogen-bond acceptors (Lipinski definition) is 2. The molecule has 0 saturated carbocycles. The average molecular weight is 100 g/mol. The van der Waals surface area contributed by atoms with Crippen LogP contribution in [0, 0.1) is 0 Å². The standard InChI is InChI=1S/C2H6O.F2O/c1-2-3;1-3-2/h3H,2H2,1H3;. The molecule has 0 aromatic heterocycles. The lowest BCUT2D eigenvalue weighted by Crippen LogP contribution is -1.57. The zero-order valence-electron chi connectivity index (χ0n) is 3.32. The zero-order chi connectivity index (χ0) is 5.41. The molecule has 0 heterocycles. The van der Waals surface area contributed by atoms with E-state index in [0.717, 1.165) is 0 Å². The van der Waals surface area contributed by atoms with Crippen molar-refractivity contribution in [2.24, 2.45) is 0 Å². The Kier molecular flexibility index (Phi) is 33.2. The first-order chi connectivity index (χ1) is 2.83. The predicted molar refractivity (Wildman–Crippen MR) is 16.1 cm³/mol. The molecule has 0 rings (SSSR count). The zero-order valence-corrected chi connectivity index (χ0v) is 3.32. The molecule has 0 aromatic carbocycles. The summed E-state index contributed by atoms with van der Waals surface area (Å²) in [6.07, 6.45) is 0. The molecule has 2 nitrogen and oxygen atoms in total. The Balaban J connectivity index is 0. The van der Waals surface area contributed by atoms with E-state index in [-0.39, 0.29) is 6.61 Å². The number of aliphatic hydroxyl groups excluding tert-OH is 1. The first kappa shape index (κ1) is 9.24. The molecule has 6 heavy (non-hydrogen) atoms. The van der Waals surface area contributed by atoms with Gasteiger partial charge >= 0.3 is 0 Å². The summed E-state index contributed by atoms with van der Waals surface area (Å²) in [5.41, 5.74) is 0. The van der Waals surface area contributed by atoms with Crippen LogP contribution in [0.5, 0.6) is 0 Å². The maximum atomic E-state index is 9.12. The van der Waals surface area contributed by atoms with E-state index in [1.807, 2.05) is 0 Å². The summed E-state index contributed by atoms with van der Waals surface area (Å²) in [5.74, 6) is 0. The van der Waals surface area contributed by atoms with Crippen LogP contribution >= 0.6 is 0 Å². The van der Waals surface area contributed by atoms with Gasteiger partial charge in [-0.3, -0.25) is 0 Å². The lowest BCUT2D eigenvalue weighted by Gasteiger charge is -1.52. The Morgan fingerprint density at radius 2 is 1.67 bits per heavy atom. The van der Waals surface area contributed by atoms with E-state index in [1.54, 1.807) is 6.92 Å². The largest absolute Gasteiger partial charge is 0.397 e. The lowest BCUT2D eigenvalue weighted by atomic mass is 10.9. The molecule has 0 fully saturated rings. The minimum Gasteiger partial charge on any atom is -0.397 e. The molecular weight excluding hydrogens is 94.0 g/mol. The molecule has 0 radical (unpaired) electrons. The van der Waals surface area contributed by atoms with Crippen LogP contribution in [0.25, 0.3) is 0 Å². The van der Waals surface area contributed by atoms with Gasteiger partial charge in [-0.2, -0.15) is 0 Å². The third-order valence-electron chi connectivity index (χ3n) is 0. The van der Waals surface area contributed by atoms with E-state index in [1.165, 1.54) is 5.15 Å². The number of hydrogen-bond donors (Lipinski definition) is 1. The van der Waals surface area contributed by atoms with Crippen molar-refractivity contribution in [1.29, 1.82) is 0 Å². The van der Waals surface area contributed by atoms with E-state index in [0.29, 0.717) is 0 Å². The van der Waals surface area contributed by atoms with Crippen LogP contribution < -0.4 is 0 Å². The normalized spacial score (nSPS) is 6.00. The Hall–Kier alpha value is -0.220. The van der Waals surface area contributed by atoms with Gasteiger partial charge in [-0.1, -0.05) is 0 Å². The minimum absolute atomic E-state index is 0.250. The Morgan fingerprint density at radius 1 is 1.67 bits per heavy atom. The molecule has 4 heteroatoms. The Labute approximate surface area is 34.1 Å². The van der Waals surface area contributed by atoms with Crippen LogP contribution in [0.4, 0.5) is 9.05 Å². The molecule has 0 aliphatic heterocycles. The third-order valence-corrected chi connectivity index (χ3v) is 0. The maximum absolute atomic E-state index is 9.12. The van der Waals surface area contributed by atoms with Gasteiger partial charge in [0.05, 0.1) is 0 Å². The molecule has 0 aliphatic carbocycles. The van der Waals surface area contributed by atoms with Gasteiger partial charge in [0.1, 0.15) is 0 Å². The van der Waals surface area contributed by atoms with Crippen LogP contribution in [0.3, 0.4) is 0 Å². The highest BCUT2D eigenvalue weighted by molar-refractivity contribution is 3.84. The highest BCUT2D eigenvalue weighted by Gasteiger charge is 1.42. The fourth-order valence-electron chi connectivity index (χ4n) is 0. The summed E-state index contributed by atoms with van der Waals surface area (Å²) in [7, 11) is 0. The van der Waals surface area contributed by atoms with Crippen molar-refractivity contribution >= 4 is 0 Å². The molecule has 0 unspecified atom stereocenters. The second-order valence-corrected chi connectivity index (χ2v) is 0.375. The van der Waals surface area contributed by atoms with Crippen LogP contribution in [0.2, 0.25) is 0 Å². The van der Waals surface area contributed by atoms with Crippen molar-refractivity contribution in [2.75, 3.05) is 6.61 Å². The Bertz CT molecular complexity index is 11.5. The van der Waals surface area contributed by atoms with E-state index >= 15 is 0 Å². The fourth-order valence-corrected chi connectivity index (χ4v) is 0. The minimum atomic E-state index is 0.250. The monoisotopic (exact) mass is 100 g/mol. The highest BCUT2D eigenvalue weighted by Crippen LogP contribution is 1.61. The van der Waals surface area contributed by atoms with Gasteiger partial charge in [-0.15, -0.1) is 0 Å². The summed E-state index contributed by atoms with van der Waals surface area (Å²) >= 11 is 0. The van der Waals surface area contributed by atoms with Crippen molar-refractivity contribution in [1.82, 2.24) is 0 Å². The van der Waals surface area contributed by atoms with E-state index in [4.69, 9.17) is 14.2 Å². The van der Waals surface area contributed by atoms with Crippen molar-refractivity contribution < 1.29 is 19.3 Å². The van der Waals surface area contributed by atoms with Crippen LogP contribution in [0.1, 0.15) is 6.92 Å². The van der Waals surface area contributed by atoms with Crippen LogP contribution in [-0.4, -0.2) is 11.7 Å². The highest BCUT2D eigenvalue weighted by atomic mass is 19.6. The van der Waals surface area contributed by atoms with Gasteiger partial charge < -0.3 is 5.11 Å². The quantitative estimate of drug-likeness (QED) is 0.487. The number of halogens is 2. The molecule has 0 atom stereocenters. The second-order valence-electron chi connectivity index (χ2n) is 0.375. The summed E-state index contributed by atoms with van der Waals surface area (Å²) in [4.78, 5) is 0. The summed E-state index contributed by atoms with van der Waals surface area (Å²) in [5, 5.41) is 8.82. The van der Waals surface area contributed by atoms with Gasteiger partial charge in [0.25, 0.3) is 0 Å². The average Bonchev–Trinajstić information content (AvgIpc) is 1.39. The maximum Gasteiger partial charge on any atom is 0.0402 e. The van der Waals surface area contributed by atoms with Gasteiger partial charge in [0.15, 0.2) is 0 Å². The third kappa shape index (κ3) is 604. The summed E-state index contributed by atoms with van der Waals surface area (Å²) < 4.78 is 18.2. The molecule has 40 valence electrons. The SMILES string of the molecule is CCO.FOF. The second kappa shape index (κ2) is 21.6. The predicted octanol–water partition coefficient (Wildman–Crippen LogP) is 0.771. The first-order valence-electron chi connectivity index (χ1n) is 1.33. The Morgan fingerprint density at radius 3 is 1.67 bits per heavy atom. The summed E-state index contributed by atoms with van der Waals surface area (Å²) in [6.45, 7) is 1.93. The van der Waals surface area contributed by atoms with E-state index in [2.05, 4.69) is 0 Å².